The third kappa shape index (κ3) is 5.32. The zero-order valence-corrected chi connectivity index (χ0v) is 18.2. The van der Waals surface area contributed by atoms with Crippen LogP contribution in [0.5, 0.6) is 0 Å². The van der Waals surface area contributed by atoms with Crippen molar-refractivity contribution in [3.63, 3.8) is 0 Å². The summed E-state index contributed by atoms with van der Waals surface area (Å²) in [7, 11) is 0. The molecule has 1 saturated heterocycles. The first-order valence-corrected chi connectivity index (χ1v) is 11.3. The summed E-state index contributed by atoms with van der Waals surface area (Å²) < 4.78 is 1.89. The van der Waals surface area contributed by atoms with Crippen molar-refractivity contribution < 1.29 is 9.59 Å². The zero-order valence-electron chi connectivity index (χ0n) is 17.4. The summed E-state index contributed by atoms with van der Waals surface area (Å²) in [4.78, 5) is 26.9. The number of benzene rings is 2. The predicted molar refractivity (Wildman–Crippen MR) is 120 cm³/mol. The van der Waals surface area contributed by atoms with Gasteiger partial charge in [0.2, 0.25) is 5.91 Å². The third-order valence-electron chi connectivity index (χ3n) is 5.37. The topological polar surface area (TPSA) is 80.1 Å². The van der Waals surface area contributed by atoms with Crippen molar-refractivity contribution in [2.45, 2.75) is 31.0 Å². The highest BCUT2D eigenvalue weighted by atomic mass is 32.2. The molecule has 2 heterocycles. The summed E-state index contributed by atoms with van der Waals surface area (Å²) in [6.45, 7) is 3.33. The van der Waals surface area contributed by atoms with Crippen LogP contribution < -0.4 is 5.32 Å². The minimum absolute atomic E-state index is 0.0589. The Morgan fingerprint density at radius 1 is 1.06 bits per heavy atom. The molecule has 7 nitrogen and oxygen atoms in total. The lowest BCUT2D eigenvalue weighted by Gasteiger charge is -2.32. The van der Waals surface area contributed by atoms with E-state index < -0.39 is 0 Å². The van der Waals surface area contributed by atoms with E-state index in [0.717, 1.165) is 18.5 Å². The van der Waals surface area contributed by atoms with Crippen LogP contribution in [0.2, 0.25) is 0 Å². The SMILES string of the molecule is Cc1ccc(-n2cnnc2SCC(=O)N2CCC(NC(=O)c3ccccc3)CC2)cc1. The molecule has 1 aromatic heterocycles. The molecule has 0 aliphatic carbocycles. The van der Waals surface area contributed by atoms with Gasteiger partial charge in [-0.25, -0.2) is 0 Å². The minimum Gasteiger partial charge on any atom is -0.349 e. The second kappa shape index (κ2) is 9.78. The molecule has 0 saturated carbocycles. The molecule has 2 aromatic carbocycles. The van der Waals surface area contributed by atoms with E-state index in [0.29, 0.717) is 29.6 Å². The highest BCUT2D eigenvalue weighted by Gasteiger charge is 2.24. The van der Waals surface area contributed by atoms with E-state index in [1.165, 1.54) is 17.3 Å². The van der Waals surface area contributed by atoms with Gasteiger partial charge in [0, 0.05) is 30.4 Å². The van der Waals surface area contributed by atoms with Crippen molar-refractivity contribution in [2.24, 2.45) is 0 Å². The first-order valence-electron chi connectivity index (χ1n) is 10.3. The van der Waals surface area contributed by atoms with E-state index >= 15 is 0 Å². The molecule has 1 N–H and O–H groups in total. The van der Waals surface area contributed by atoms with Crippen LogP contribution in [0.1, 0.15) is 28.8 Å². The number of rotatable bonds is 6. The van der Waals surface area contributed by atoms with Crippen molar-refractivity contribution in [3.05, 3.63) is 72.1 Å². The van der Waals surface area contributed by atoms with Gasteiger partial charge in [0.25, 0.3) is 5.91 Å². The molecule has 0 atom stereocenters. The molecule has 0 unspecified atom stereocenters. The van der Waals surface area contributed by atoms with Gasteiger partial charge in [-0.15, -0.1) is 10.2 Å². The number of carbonyl (C=O) groups is 2. The molecular formula is C23H25N5O2S. The van der Waals surface area contributed by atoms with E-state index in [1.807, 2.05) is 58.9 Å². The Bertz CT molecular complexity index is 1030. The zero-order chi connectivity index (χ0) is 21.6. The van der Waals surface area contributed by atoms with Crippen molar-refractivity contribution >= 4 is 23.6 Å². The minimum atomic E-state index is -0.0589. The van der Waals surface area contributed by atoms with Crippen molar-refractivity contribution in [1.29, 1.82) is 0 Å². The van der Waals surface area contributed by atoms with Gasteiger partial charge in [-0.2, -0.15) is 0 Å². The van der Waals surface area contributed by atoms with E-state index in [1.54, 1.807) is 18.5 Å². The number of nitrogens with one attached hydrogen (secondary N) is 1. The summed E-state index contributed by atoms with van der Waals surface area (Å²) >= 11 is 1.39. The quantitative estimate of drug-likeness (QED) is 0.602. The summed E-state index contributed by atoms with van der Waals surface area (Å²) in [5.74, 6) is 0.332. The van der Waals surface area contributed by atoms with Crippen molar-refractivity contribution in [3.8, 4) is 5.69 Å². The van der Waals surface area contributed by atoms with E-state index in [-0.39, 0.29) is 17.9 Å². The van der Waals surface area contributed by atoms with E-state index in [4.69, 9.17) is 0 Å². The first kappa shape index (κ1) is 21.1. The molecule has 1 fully saturated rings. The number of carbonyl (C=O) groups excluding carboxylic acids is 2. The number of hydrogen-bond donors (Lipinski definition) is 1. The van der Waals surface area contributed by atoms with Gasteiger partial charge in [0.1, 0.15) is 6.33 Å². The number of thioether (sulfide) groups is 1. The molecule has 1 aliphatic rings. The molecule has 0 spiro atoms. The van der Waals surface area contributed by atoms with Crippen LogP contribution in [0.3, 0.4) is 0 Å². The number of nitrogens with zero attached hydrogens (tertiary/aromatic N) is 4. The molecular weight excluding hydrogens is 410 g/mol. The van der Waals surface area contributed by atoms with Crippen LogP contribution in [0, 0.1) is 6.92 Å². The lowest BCUT2D eigenvalue weighted by atomic mass is 10.0. The second-order valence-corrected chi connectivity index (χ2v) is 8.54. The van der Waals surface area contributed by atoms with Crippen LogP contribution in [0.4, 0.5) is 0 Å². The normalized spacial score (nSPS) is 14.4. The molecule has 0 radical (unpaired) electrons. The van der Waals surface area contributed by atoms with Gasteiger partial charge < -0.3 is 10.2 Å². The Hall–Kier alpha value is -3.13. The Balaban J connectivity index is 1.26. The van der Waals surface area contributed by atoms with Crippen LogP contribution >= 0.6 is 11.8 Å². The highest BCUT2D eigenvalue weighted by molar-refractivity contribution is 7.99. The molecule has 1 aliphatic heterocycles. The number of likely N-dealkylation sites (tertiary alicyclic amines) is 1. The summed E-state index contributed by atoms with van der Waals surface area (Å²) in [5, 5.41) is 11.9. The molecule has 0 bridgehead atoms. The molecule has 3 aromatic rings. The van der Waals surface area contributed by atoms with Gasteiger partial charge in [-0.05, 0) is 44.0 Å². The standard InChI is InChI=1S/C23H25N5O2S/c1-17-7-9-20(10-8-17)28-16-24-26-23(28)31-15-21(29)27-13-11-19(12-14-27)25-22(30)18-5-3-2-4-6-18/h2-10,16,19H,11-15H2,1H3,(H,25,30). The molecule has 8 heteroatoms. The number of aryl methyl sites for hydroxylation is 1. The molecule has 160 valence electrons. The van der Waals surface area contributed by atoms with Gasteiger partial charge in [-0.3, -0.25) is 14.2 Å². The Morgan fingerprint density at radius 2 is 1.77 bits per heavy atom. The summed E-state index contributed by atoms with van der Waals surface area (Å²) in [6.07, 6.45) is 3.18. The van der Waals surface area contributed by atoms with Gasteiger partial charge >= 0.3 is 0 Å². The number of piperidine rings is 1. The molecule has 4 rings (SSSR count). The maximum absolute atomic E-state index is 12.7. The largest absolute Gasteiger partial charge is 0.349 e. The average Bonchev–Trinajstić information content (AvgIpc) is 3.27. The van der Waals surface area contributed by atoms with E-state index in [2.05, 4.69) is 15.5 Å². The lowest BCUT2D eigenvalue weighted by molar-refractivity contribution is -0.129. The van der Waals surface area contributed by atoms with Gasteiger partial charge in [-0.1, -0.05) is 47.7 Å². The summed E-state index contributed by atoms with van der Waals surface area (Å²) in [5.41, 5.74) is 2.82. The smallest absolute Gasteiger partial charge is 0.251 e. The number of aromatic nitrogens is 3. The Labute approximate surface area is 185 Å². The molecule has 31 heavy (non-hydrogen) atoms. The highest BCUT2D eigenvalue weighted by Crippen LogP contribution is 2.21. The average molecular weight is 436 g/mol. The fourth-order valence-electron chi connectivity index (χ4n) is 3.55. The third-order valence-corrected chi connectivity index (χ3v) is 6.30. The van der Waals surface area contributed by atoms with Gasteiger partial charge in [0.15, 0.2) is 5.16 Å². The Kier molecular flexibility index (Phi) is 6.66. The first-order chi connectivity index (χ1) is 15.1. The van der Waals surface area contributed by atoms with Crippen molar-refractivity contribution in [2.75, 3.05) is 18.8 Å². The summed E-state index contributed by atoms with van der Waals surface area (Å²) in [6, 6.07) is 17.4. The van der Waals surface area contributed by atoms with Crippen LogP contribution in [0.15, 0.2) is 66.1 Å². The maximum Gasteiger partial charge on any atom is 0.251 e. The lowest BCUT2D eigenvalue weighted by Crippen LogP contribution is -2.47. The fraction of sp³-hybridized carbons (Fsp3) is 0.304. The number of amides is 2. The second-order valence-electron chi connectivity index (χ2n) is 7.60. The Morgan fingerprint density at radius 3 is 2.48 bits per heavy atom. The van der Waals surface area contributed by atoms with E-state index in [9.17, 15) is 9.59 Å². The maximum atomic E-state index is 12.7. The van der Waals surface area contributed by atoms with Gasteiger partial charge in [0.05, 0.1) is 5.75 Å². The van der Waals surface area contributed by atoms with Crippen molar-refractivity contribution in [1.82, 2.24) is 25.0 Å². The molecule has 2 amide bonds. The predicted octanol–water partition coefficient (Wildman–Crippen LogP) is 3.09. The van der Waals surface area contributed by atoms with Crippen LogP contribution in [-0.4, -0.2) is 56.4 Å². The van der Waals surface area contributed by atoms with Crippen LogP contribution in [-0.2, 0) is 4.79 Å². The van der Waals surface area contributed by atoms with Crippen LogP contribution in [0.25, 0.3) is 5.69 Å². The monoisotopic (exact) mass is 435 g/mol. The fourth-order valence-corrected chi connectivity index (χ4v) is 4.39. The number of hydrogen-bond acceptors (Lipinski definition) is 5.